The molecule has 0 spiro atoms. The Kier molecular flexibility index (Phi) is 7.33. The van der Waals surface area contributed by atoms with Gasteiger partial charge in [-0.15, -0.1) is 16.8 Å². The zero-order chi connectivity index (χ0) is 24.7. The van der Waals surface area contributed by atoms with Gasteiger partial charge in [-0.05, 0) is 36.8 Å². The van der Waals surface area contributed by atoms with Crippen molar-refractivity contribution < 1.29 is 14.2 Å². The lowest BCUT2D eigenvalue weighted by molar-refractivity contribution is 0.223. The number of anilines is 1. The van der Waals surface area contributed by atoms with Crippen molar-refractivity contribution in [3.63, 3.8) is 0 Å². The predicted molar refractivity (Wildman–Crippen MR) is 142 cm³/mol. The standard InChI is InChI=1S/C28H26N4O3S/c1-3-16-36-28-30-27-25(31-32-28)21-12-8-9-13-22(21)29-26(35-27)20-14-15-23(24(17-20)33-4-2)34-18-19-10-6-5-7-11-19/h3,5-15,17,26,29H,1,4,16,18H2,2H3/t26-/m1/s1. The molecule has 1 aliphatic heterocycles. The van der Waals surface area contributed by atoms with Crippen LogP contribution in [0.4, 0.5) is 5.69 Å². The minimum absolute atomic E-state index is 0.418. The lowest BCUT2D eigenvalue weighted by Crippen LogP contribution is -2.17. The number of nitrogens with one attached hydrogen (secondary N) is 1. The normalized spacial score (nSPS) is 13.9. The van der Waals surface area contributed by atoms with Gasteiger partial charge in [0.15, 0.2) is 23.4 Å². The van der Waals surface area contributed by atoms with Crippen molar-refractivity contribution in [1.29, 1.82) is 0 Å². The smallest absolute Gasteiger partial charge is 0.247 e. The minimum atomic E-state index is -0.524. The molecule has 182 valence electrons. The van der Waals surface area contributed by atoms with Crippen molar-refractivity contribution in [1.82, 2.24) is 15.2 Å². The maximum atomic E-state index is 6.39. The third kappa shape index (κ3) is 5.28. The third-order valence-corrected chi connectivity index (χ3v) is 6.30. The number of benzene rings is 3. The lowest BCUT2D eigenvalue weighted by Gasteiger charge is -2.21. The summed E-state index contributed by atoms with van der Waals surface area (Å²) in [5, 5.41) is 12.7. The number of para-hydroxylation sites is 1. The van der Waals surface area contributed by atoms with Gasteiger partial charge >= 0.3 is 0 Å². The summed E-state index contributed by atoms with van der Waals surface area (Å²) in [6.07, 6.45) is 1.28. The second kappa shape index (κ2) is 11.1. The van der Waals surface area contributed by atoms with Crippen molar-refractivity contribution in [3.8, 4) is 28.6 Å². The highest BCUT2D eigenvalue weighted by molar-refractivity contribution is 7.99. The number of ether oxygens (including phenoxy) is 3. The van der Waals surface area contributed by atoms with E-state index in [2.05, 4.69) is 27.1 Å². The van der Waals surface area contributed by atoms with Gasteiger partial charge in [-0.3, -0.25) is 0 Å². The van der Waals surface area contributed by atoms with Gasteiger partial charge < -0.3 is 19.5 Å². The fourth-order valence-corrected chi connectivity index (χ4v) is 4.32. The first-order chi connectivity index (χ1) is 17.7. The molecule has 8 heteroatoms. The molecule has 36 heavy (non-hydrogen) atoms. The van der Waals surface area contributed by atoms with E-state index in [4.69, 9.17) is 14.2 Å². The number of thioether (sulfide) groups is 1. The summed E-state index contributed by atoms with van der Waals surface area (Å²) in [6, 6.07) is 23.8. The molecule has 1 atom stereocenters. The SMILES string of the molecule is C=CCSc1nnc2c(n1)O[C@H](c1ccc(OCc3ccccc3)c(OCC)c1)Nc1ccccc1-2. The molecule has 4 aromatic rings. The van der Waals surface area contributed by atoms with E-state index in [9.17, 15) is 0 Å². The summed E-state index contributed by atoms with van der Waals surface area (Å²) in [5.41, 5.74) is 4.31. The highest BCUT2D eigenvalue weighted by Crippen LogP contribution is 2.41. The van der Waals surface area contributed by atoms with E-state index in [0.29, 0.717) is 47.2 Å². The maximum Gasteiger partial charge on any atom is 0.247 e. The zero-order valence-electron chi connectivity index (χ0n) is 19.9. The predicted octanol–water partition coefficient (Wildman–Crippen LogP) is 6.30. The third-order valence-electron chi connectivity index (χ3n) is 5.47. The molecule has 5 rings (SSSR count). The number of nitrogens with zero attached hydrogens (tertiary/aromatic N) is 3. The number of rotatable bonds is 9. The summed E-state index contributed by atoms with van der Waals surface area (Å²) in [4.78, 5) is 4.65. The Morgan fingerprint density at radius 2 is 1.83 bits per heavy atom. The first-order valence-corrected chi connectivity index (χ1v) is 12.7. The second-order valence-electron chi connectivity index (χ2n) is 7.95. The van der Waals surface area contributed by atoms with Gasteiger partial charge in [-0.25, -0.2) is 0 Å². The molecule has 0 amide bonds. The Bertz CT molecular complexity index is 1350. The zero-order valence-corrected chi connectivity index (χ0v) is 20.7. The quantitative estimate of drug-likeness (QED) is 0.213. The van der Waals surface area contributed by atoms with E-state index in [0.717, 1.165) is 22.4 Å². The van der Waals surface area contributed by atoms with Gasteiger partial charge in [-0.2, -0.15) is 4.98 Å². The van der Waals surface area contributed by atoms with E-state index in [1.807, 2.05) is 79.7 Å². The molecular formula is C28H26N4O3S. The molecular weight excluding hydrogens is 472 g/mol. The molecule has 2 heterocycles. The fraction of sp³-hybridized carbons (Fsp3) is 0.179. The van der Waals surface area contributed by atoms with Crippen molar-refractivity contribution >= 4 is 17.4 Å². The molecule has 0 saturated heterocycles. The van der Waals surface area contributed by atoms with Gasteiger partial charge in [-0.1, -0.05) is 66.4 Å². The molecule has 1 aromatic heterocycles. The molecule has 0 radical (unpaired) electrons. The van der Waals surface area contributed by atoms with Crippen molar-refractivity contribution in [2.45, 2.75) is 24.9 Å². The number of fused-ring (bicyclic) bond motifs is 3. The van der Waals surface area contributed by atoms with E-state index < -0.39 is 6.23 Å². The van der Waals surface area contributed by atoms with E-state index in [1.165, 1.54) is 11.8 Å². The number of hydrogen-bond donors (Lipinski definition) is 1. The molecule has 0 bridgehead atoms. The van der Waals surface area contributed by atoms with Crippen LogP contribution in [0, 0.1) is 0 Å². The summed E-state index contributed by atoms with van der Waals surface area (Å²) >= 11 is 1.45. The summed E-state index contributed by atoms with van der Waals surface area (Å²) in [7, 11) is 0. The van der Waals surface area contributed by atoms with Gasteiger partial charge in [0.25, 0.3) is 0 Å². The second-order valence-corrected chi connectivity index (χ2v) is 8.94. The first-order valence-electron chi connectivity index (χ1n) is 11.7. The minimum Gasteiger partial charge on any atom is -0.490 e. The molecule has 0 saturated carbocycles. The number of aromatic nitrogens is 3. The van der Waals surface area contributed by atoms with Crippen LogP contribution in [0.5, 0.6) is 17.4 Å². The van der Waals surface area contributed by atoms with Gasteiger partial charge in [0, 0.05) is 22.6 Å². The molecule has 0 fully saturated rings. The van der Waals surface area contributed by atoms with Crippen LogP contribution >= 0.6 is 11.8 Å². The molecule has 3 aromatic carbocycles. The van der Waals surface area contributed by atoms with Crippen LogP contribution in [0.3, 0.4) is 0 Å². The molecule has 0 unspecified atom stereocenters. The van der Waals surface area contributed by atoms with Crippen LogP contribution < -0.4 is 19.5 Å². The Hall–Kier alpha value is -4.04. The average Bonchev–Trinajstić information content (AvgIpc) is 3.08. The number of hydrogen-bond acceptors (Lipinski definition) is 8. The van der Waals surface area contributed by atoms with Crippen LogP contribution in [-0.2, 0) is 6.61 Å². The van der Waals surface area contributed by atoms with Gasteiger partial charge in [0.05, 0.1) is 6.61 Å². The Morgan fingerprint density at radius 1 is 1.00 bits per heavy atom. The van der Waals surface area contributed by atoms with Crippen molar-refractivity contribution in [3.05, 3.63) is 96.6 Å². The summed E-state index contributed by atoms with van der Waals surface area (Å²) in [6.45, 7) is 6.67. The van der Waals surface area contributed by atoms with Crippen LogP contribution in [0.15, 0.2) is 90.6 Å². The van der Waals surface area contributed by atoms with Crippen molar-refractivity contribution in [2.75, 3.05) is 17.7 Å². The van der Waals surface area contributed by atoms with Gasteiger partial charge in [0.2, 0.25) is 11.0 Å². The summed E-state index contributed by atoms with van der Waals surface area (Å²) in [5.74, 6) is 2.42. The maximum absolute atomic E-state index is 6.39. The van der Waals surface area contributed by atoms with Crippen molar-refractivity contribution in [2.24, 2.45) is 0 Å². The first kappa shape index (κ1) is 23.7. The summed E-state index contributed by atoms with van der Waals surface area (Å²) < 4.78 is 18.4. The van der Waals surface area contributed by atoms with E-state index in [-0.39, 0.29) is 0 Å². The monoisotopic (exact) mass is 498 g/mol. The van der Waals surface area contributed by atoms with E-state index >= 15 is 0 Å². The van der Waals surface area contributed by atoms with Crippen LogP contribution in [-0.4, -0.2) is 27.5 Å². The van der Waals surface area contributed by atoms with Crippen LogP contribution in [0.2, 0.25) is 0 Å². The fourth-order valence-electron chi connectivity index (χ4n) is 3.80. The molecule has 1 N–H and O–H groups in total. The van der Waals surface area contributed by atoms with Crippen LogP contribution in [0.1, 0.15) is 24.3 Å². The average molecular weight is 499 g/mol. The van der Waals surface area contributed by atoms with E-state index in [1.54, 1.807) is 6.08 Å². The Balaban J connectivity index is 1.47. The largest absolute Gasteiger partial charge is 0.490 e. The highest BCUT2D eigenvalue weighted by atomic mass is 32.2. The Labute approximate surface area is 214 Å². The Morgan fingerprint density at radius 3 is 2.67 bits per heavy atom. The molecule has 0 aliphatic carbocycles. The highest BCUT2D eigenvalue weighted by Gasteiger charge is 2.26. The molecule has 1 aliphatic rings. The van der Waals surface area contributed by atoms with Crippen LogP contribution in [0.25, 0.3) is 11.3 Å². The lowest BCUT2D eigenvalue weighted by atomic mass is 10.1. The topological polar surface area (TPSA) is 78.4 Å². The van der Waals surface area contributed by atoms with Gasteiger partial charge in [0.1, 0.15) is 6.61 Å². The molecule has 7 nitrogen and oxygen atoms in total.